The Kier molecular flexibility index (Phi) is 6.67. The Morgan fingerprint density at radius 2 is 1.54 bits per heavy atom. The molecular formula is C22H29N3O3. The lowest BCUT2D eigenvalue weighted by Crippen LogP contribution is -2.37. The molecule has 6 heteroatoms. The Bertz CT molecular complexity index is 808. The van der Waals surface area contributed by atoms with Crippen LogP contribution in [0.1, 0.15) is 51.8 Å². The Morgan fingerprint density at radius 3 is 2.04 bits per heavy atom. The molecule has 2 atom stereocenters. The first-order valence-corrected chi connectivity index (χ1v) is 9.30. The van der Waals surface area contributed by atoms with Gasteiger partial charge < -0.3 is 21.1 Å². The summed E-state index contributed by atoms with van der Waals surface area (Å²) in [6, 6.07) is 14.1. The SMILES string of the molecule is CC(Oc1ccc(C(C)(C)C)cc1)C(=O)NC(C)c1ccc(NC(N)=O)cc1. The van der Waals surface area contributed by atoms with Gasteiger partial charge in [-0.1, -0.05) is 45.0 Å². The van der Waals surface area contributed by atoms with Crippen LogP contribution >= 0.6 is 0 Å². The summed E-state index contributed by atoms with van der Waals surface area (Å²) in [5, 5.41) is 5.44. The summed E-state index contributed by atoms with van der Waals surface area (Å²) in [5.74, 6) is 0.455. The zero-order chi connectivity index (χ0) is 20.9. The zero-order valence-electron chi connectivity index (χ0n) is 17.1. The highest BCUT2D eigenvalue weighted by atomic mass is 16.5. The molecule has 0 fully saturated rings. The number of rotatable bonds is 6. The molecule has 0 aliphatic carbocycles. The minimum Gasteiger partial charge on any atom is -0.481 e. The molecule has 2 aromatic rings. The van der Waals surface area contributed by atoms with Gasteiger partial charge in [0.2, 0.25) is 0 Å². The van der Waals surface area contributed by atoms with E-state index in [0.29, 0.717) is 11.4 Å². The second kappa shape index (κ2) is 8.78. The molecule has 0 spiro atoms. The van der Waals surface area contributed by atoms with Gasteiger partial charge in [0.05, 0.1) is 6.04 Å². The summed E-state index contributed by atoms with van der Waals surface area (Å²) in [4.78, 5) is 23.3. The number of urea groups is 1. The zero-order valence-corrected chi connectivity index (χ0v) is 17.1. The number of carbonyl (C=O) groups is 2. The van der Waals surface area contributed by atoms with E-state index in [0.717, 1.165) is 5.56 Å². The van der Waals surface area contributed by atoms with Crippen molar-refractivity contribution < 1.29 is 14.3 Å². The van der Waals surface area contributed by atoms with Crippen LogP contribution in [0, 0.1) is 0 Å². The smallest absolute Gasteiger partial charge is 0.316 e. The molecule has 28 heavy (non-hydrogen) atoms. The van der Waals surface area contributed by atoms with Gasteiger partial charge in [-0.2, -0.15) is 0 Å². The fraction of sp³-hybridized carbons (Fsp3) is 0.364. The van der Waals surface area contributed by atoms with Crippen LogP contribution in [0.2, 0.25) is 0 Å². The molecule has 2 unspecified atom stereocenters. The Morgan fingerprint density at radius 1 is 0.964 bits per heavy atom. The molecule has 2 rings (SSSR count). The maximum atomic E-state index is 12.5. The van der Waals surface area contributed by atoms with E-state index in [1.807, 2.05) is 43.3 Å². The molecule has 4 N–H and O–H groups in total. The van der Waals surface area contributed by atoms with Gasteiger partial charge in [0.1, 0.15) is 5.75 Å². The number of amides is 3. The fourth-order valence-electron chi connectivity index (χ4n) is 2.70. The van der Waals surface area contributed by atoms with Crippen LogP contribution in [0.15, 0.2) is 48.5 Å². The van der Waals surface area contributed by atoms with Crippen molar-refractivity contribution in [1.29, 1.82) is 0 Å². The average molecular weight is 383 g/mol. The molecule has 150 valence electrons. The molecule has 6 nitrogen and oxygen atoms in total. The number of benzene rings is 2. The highest BCUT2D eigenvalue weighted by Gasteiger charge is 2.19. The van der Waals surface area contributed by atoms with Gasteiger partial charge in [-0.3, -0.25) is 4.79 Å². The van der Waals surface area contributed by atoms with Gasteiger partial charge >= 0.3 is 6.03 Å². The van der Waals surface area contributed by atoms with Crippen LogP contribution in [0.4, 0.5) is 10.5 Å². The van der Waals surface area contributed by atoms with E-state index in [-0.39, 0.29) is 17.4 Å². The van der Waals surface area contributed by atoms with Crippen molar-refractivity contribution in [2.45, 2.75) is 52.2 Å². The summed E-state index contributed by atoms with van der Waals surface area (Å²) in [6.07, 6.45) is -0.626. The number of hydrogen-bond donors (Lipinski definition) is 3. The second-order valence-corrected chi connectivity index (χ2v) is 7.88. The van der Waals surface area contributed by atoms with Crippen molar-refractivity contribution in [1.82, 2.24) is 5.32 Å². The van der Waals surface area contributed by atoms with Crippen LogP contribution in [-0.4, -0.2) is 18.0 Å². The lowest BCUT2D eigenvalue weighted by molar-refractivity contribution is -0.127. The molecule has 0 saturated heterocycles. The first-order chi connectivity index (χ1) is 13.1. The normalized spacial score (nSPS) is 13.3. The third-order valence-electron chi connectivity index (χ3n) is 4.44. The Hall–Kier alpha value is -3.02. The average Bonchev–Trinajstić information content (AvgIpc) is 2.61. The van der Waals surface area contributed by atoms with E-state index in [4.69, 9.17) is 10.5 Å². The van der Waals surface area contributed by atoms with Crippen LogP contribution in [0.5, 0.6) is 5.75 Å². The number of nitrogens with one attached hydrogen (secondary N) is 2. The van der Waals surface area contributed by atoms with Crippen LogP contribution in [0.3, 0.4) is 0 Å². The first-order valence-electron chi connectivity index (χ1n) is 9.30. The van der Waals surface area contributed by atoms with Crippen molar-refractivity contribution in [3.63, 3.8) is 0 Å². The van der Waals surface area contributed by atoms with E-state index in [9.17, 15) is 9.59 Å². The number of carbonyl (C=O) groups excluding carboxylic acids is 2. The van der Waals surface area contributed by atoms with Gasteiger partial charge in [-0.15, -0.1) is 0 Å². The van der Waals surface area contributed by atoms with Crippen molar-refractivity contribution in [2.75, 3.05) is 5.32 Å². The predicted octanol–water partition coefficient (Wildman–Crippen LogP) is 4.12. The maximum Gasteiger partial charge on any atom is 0.316 e. The third kappa shape index (κ3) is 6.01. The van der Waals surface area contributed by atoms with Crippen LogP contribution < -0.4 is 21.1 Å². The lowest BCUT2D eigenvalue weighted by atomic mass is 9.87. The van der Waals surface area contributed by atoms with Crippen molar-refractivity contribution in [2.24, 2.45) is 5.73 Å². The molecule has 0 aromatic heterocycles. The minimum absolute atomic E-state index is 0.0689. The summed E-state index contributed by atoms with van der Waals surface area (Å²) in [7, 11) is 0. The number of nitrogens with two attached hydrogens (primary N) is 1. The molecule has 3 amide bonds. The fourth-order valence-corrected chi connectivity index (χ4v) is 2.70. The van der Waals surface area contributed by atoms with Gasteiger partial charge in [0, 0.05) is 5.69 Å². The largest absolute Gasteiger partial charge is 0.481 e. The monoisotopic (exact) mass is 383 g/mol. The van der Waals surface area contributed by atoms with E-state index < -0.39 is 12.1 Å². The van der Waals surface area contributed by atoms with Gasteiger partial charge in [-0.25, -0.2) is 4.79 Å². The molecule has 0 heterocycles. The predicted molar refractivity (Wildman–Crippen MR) is 111 cm³/mol. The molecular weight excluding hydrogens is 354 g/mol. The maximum absolute atomic E-state index is 12.5. The van der Waals surface area contributed by atoms with Crippen molar-refractivity contribution in [3.8, 4) is 5.75 Å². The van der Waals surface area contributed by atoms with E-state index >= 15 is 0 Å². The summed E-state index contributed by atoms with van der Waals surface area (Å²) < 4.78 is 5.77. The molecule has 0 radical (unpaired) electrons. The summed E-state index contributed by atoms with van der Waals surface area (Å²) in [5.41, 5.74) is 7.88. The Labute approximate surface area is 166 Å². The van der Waals surface area contributed by atoms with Crippen molar-refractivity contribution >= 4 is 17.6 Å². The van der Waals surface area contributed by atoms with Gasteiger partial charge in [-0.05, 0) is 54.7 Å². The highest BCUT2D eigenvalue weighted by Crippen LogP contribution is 2.24. The van der Waals surface area contributed by atoms with Gasteiger partial charge in [0.25, 0.3) is 5.91 Å². The van der Waals surface area contributed by atoms with E-state index in [1.165, 1.54) is 5.56 Å². The third-order valence-corrected chi connectivity index (χ3v) is 4.44. The van der Waals surface area contributed by atoms with Crippen LogP contribution in [-0.2, 0) is 10.2 Å². The first kappa shape index (κ1) is 21.3. The van der Waals surface area contributed by atoms with Crippen molar-refractivity contribution in [3.05, 3.63) is 59.7 Å². The molecule has 2 aromatic carbocycles. The van der Waals surface area contributed by atoms with E-state index in [1.54, 1.807) is 19.1 Å². The number of hydrogen-bond acceptors (Lipinski definition) is 3. The lowest BCUT2D eigenvalue weighted by Gasteiger charge is -2.21. The highest BCUT2D eigenvalue weighted by molar-refractivity contribution is 5.87. The molecule has 0 bridgehead atoms. The molecule has 0 aliphatic heterocycles. The minimum atomic E-state index is -0.626. The topological polar surface area (TPSA) is 93.4 Å². The summed E-state index contributed by atoms with van der Waals surface area (Å²) >= 11 is 0. The second-order valence-electron chi connectivity index (χ2n) is 7.88. The number of primary amides is 1. The summed E-state index contributed by atoms with van der Waals surface area (Å²) in [6.45, 7) is 10.1. The molecule has 0 saturated carbocycles. The van der Waals surface area contributed by atoms with E-state index in [2.05, 4.69) is 31.4 Å². The quantitative estimate of drug-likeness (QED) is 0.700. The number of ether oxygens (including phenoxy) is 1. The molecule has 0 aliphatic rings. The van der Waals surface area contributed by atoms with Gasteiger partial charge in [0.15, 0.2) is 6.10 Å². The van der Waals surface area contributed by atoms with Crippen LogP contribution in [0.25, 0.3) is 0 Å². The standard InChI is InChI=1S/C22H29N3O3/c1-14(16-6-10-18(11-7-16)25-21(23)27)24-20(26)15(2)28-19-12-8-17(9-13-19)22(3,4)5/h6-15H,1-5H3,(H,24,26)(H3,23,25,27). The number of anilines is 1. The Balaban J connectivity index is 1.93.